The summed E-state index contributed by atoms with van der Waals surface area (Å²) in [6.45, 7) is 3.70. The van der Waals surface area contributed by atoms with Crippen LogP contribution in [0.2, 0.25) is 0 Å². The van der Waals surface area contributed by atoms with Gasteiger partial charge in [0.15, 0.2) is 0 Å². The average Bonchev–Trinajstić information content (AvgIpc) is 1.88. The maximum absolute atomic E-state index is 8.68. The third kappa shape index (κ3) is 2.27. The number of hydrogen-bond acceptors (Lipinski definition) is 2. The molecule has 2 heteroatoms. The van der Waals surface area contributed by atoms with E-state index in [0.29, 0.717) is 12.6 Å². The average molecular weight is 143 g/mol. The van der Waals surface area contributed by atoms with Gasteiger partial charge in [-0.3, -0.25) is 0 Å². The van der Waals surface area contributed by atoms with Crippen molar-refractivity contribution in [3.8, 4) is 0 Å². The van der Waals surface area contributed by atoms with E-state index in [1.807, 2.05) is 0 Å². The van der Waals surface area contributed by atoms with Gasteiger partial charge in [0.2, 0.25) is 0 Å². The zero-order valence-electron chi connectivity index (χ0n) is 6.64. The van der Waals surface area contributed by atoms with Gasteiger partial charge in [-0.15, -0.1) is 0 Å². The SMILES string of the molecule is C[C@H]1C[C@H](CCO)CCN1. The van der Waals surface area contributed by atoms with E-state index in [-0.39, 0.29) is 0 Å². The van der Waals surface area contributed by atoms with Crippen molar-refractivity contribution in [2.24, 2.45) is 5.92 Å². The van der Waals surface area contributed by atoms with E-state index in [4.69, 9.17) is 5.11 Å². The first-order chi connectivity index (χ1) is 4.83. The van der Waals surface area contributed by atoms with Crippen molar-refractivity contribution in [2.45, 2.75) is 32.2 Å². The number of aliphatic hydroxyl groups is 1. The van der Waals surface area contributed by atoms with Gasteiger partial charge in [-0.1, -0.05) is 0 Å². The maximum Gasteiger partial charge on any atom is 0.0433 e. The summed E-state index contributed by atoms with van der Waals surface area (Å²) in [4.78, 5) is 0. The largest absolute Gasteiger partial charge is 0.396 e. The van der Waals surface area contributed by atoms with Crippen molar-refractivity contribution in [3.05, 3.63) is 0 Å². The molecule has 2 nitrogen and oxygen atoms in total. The molecule has 0 unspecified atom stereocenters. The van der Waals surface area contributed by atoms with Crippen molar-refractivity contribution in [2.75, 3.05) is 13.2 Å². The third-order valence-electron chi connectivity index (χ3n) is 2.27. The van der Waals surface area contributed by atoms with Gasteiger partial charge in [0, 0.05) is 12.6 Å². The lowest BCUT2D eigenvalue weighted by Gasteiger charge is -2.27. The molecule has 0 spiro atoms. The van der Waals surface area contributed by atoms with Gasteiger partial charge >= 0.3 is 0 Å². The highest BCUT2D eigenvalue weighted by atomic mass is 16.3. The molecule has 0 aromatic carbocycles. The quantitative estimate of drug-likeness (QED) is 0.598. The number of hydrogen-bond donors (Lipinski definition) is 2. The molecule has 0 aliphatic carbocycles. The second kappa shape index (κ2) is 3.94. The Morgan fingerprint density at radius 1 is 1.60 bits per heavy atom. The van der Waals surface area contributed by atoms with E-state index in [9.17, 15) is 0 Å². The summed E-state index contributed by atoms with van der Waals surface area (Å²) < 4.78 is 0. The van der Waals surface area contributed by atoms with Crippen LogP contribution in [0.4, 0.5) is 0 Å². The first-order valence-corrected chi connectivity index (χ1v) is 4.17. The van der Waals surface area contributed by atoms with Crippen LogP contribution in [0.15, 0.2) is 0 Å². The molecule has 0 amide bonds. The molecule has 1 heterocycles. The fraction of sp³-hybridized carbons (Fsp3) is 1.00. The summed E-state index contributed by atoms with van der Waals surface area (Å²) in [6.07, 6.45) is 3.47. The number of rotatable bonds is 2. The van der Waals surface area contributed by atoms with Gasteiger partial charge in [0.25, 0.3) is 0 Å². The van der Waals surface area contributed by atoms with Crippen LogP contribution in [0.5, 0.6) is 0 Å². The van der Waals surface area contributed by atoms with E-state index in [1.165, 1.54) is 12.8 Å². The Balaban J connectivity index is 2.18. The Kier molecular flexibility index (Phi) is 3.16. The maximum atomic E-state index is 8.68. The fourth-order valence-electron chi connectivity index (χ4n) is 1.68. The van der Waals surface area contributed by atoms with Crippen LogP contribution in [-0.4, -0.2) is 24.3 Å². The van der Waals surface area contributed by atoms with Crippen LogP contribution in [-0.2, 0) is 0 Å². The molecule has 1 saturated heterocycles. The minimum Gasteiger partial charge on any atom is -0.396 e. The van der Waals surface area contributed by atoms with Crippen molar-refractivity contribution in [3.63, 3.8) is 0 Å². The van der Waals surface area contributed by atoms with Gasteiger partial charge in [-0.05, 0) is 38.6 Å². The first kappa shape index (κ1) is 8.02. The van der Waals surface area contributed by atoms with Gasteiger partial charge in [-0.25, -0.2) is 0 Å². The fourth-order valence-corrected chi connectivity index (χ4v) is 1.68. The summed E-state index contributed by atoms with van der Waals surface area (Å²) in [6, 6.07) is 0.658. The Labute approximate surface area is 62.6 Å². The molecule has 0 aromatic rings. The molecular formula is C8H17NO. The lowest BCUT2D eigenvalue weighted by atomic mass is 9.91. The molecule has 1 aliphatic rings. The number of nitrogens with one attached hydrogen (secondary N) is 1. The third-order valence-corrected chi connectivity index (χ3v) is 2.27. The van der Waals surface area contributed by atoms with Gasteiger partial charge in [0.1, 0.15) is 0 Å². The molecule has 2 N–H and O–H groups in total. The van der Waals surface area contributed by atoms with Crippen LogP contribution >= 0.6 is 0 Å². The van der Waals surface area contributed by atoms with Gasteiger partial charge < -0.3 is 10.4 Å². The first-order valence-electron chi connectivity index (χ1n) is 4.17. The van der Waals surface area contributed by atoms with Crippen molar-refractivity contribution in [1.82, 2.24) is 5.32 Å². The molecule has 0 aromatic heterocycles. The summed E-state index contributed by atoms with van der Waals surface area (Å²) in [5.41, 5.74) is 0. The minimum atomic E-state index is 0.359. The van der Waals surface area contributed by atoms with E-state index in [1.54, 1.807) is 0 Å². The molecule has 0 bridgehead atoms. The molecule has 0 saturated carbocycles. The topological polar surface area (TPSA) is 32.3 Å². The monoisotopic (exact) mass is 143 g/mol. The van der Waals surface area contributed by atoms with E-state index in [0.717, 1.165) is 18.9 Å². The van der Waals surface area contributed by atoms with Crippen molar-refractivity contribution >= 4 is 0 Å². The van der Waals surface area contributed by atoms with Gasteiger partial charge in [-0.2, -0.15) is 0 Å². The lowest BCUT2D eigenvalue weighted by molar-refractivity contribution is 0.220. The van der Waals surface area contributed by atoms with Crippen LogP contribution in [0.25, 0.3) is 0 Å². The Morgan fingerprint density at radius 3 is 3.00 bits per heavy atom. The zero-order valence-corrected chi connectivity index (χ0v) is 6.64. The molecular weight excluding hydrogens is 126 g/mol. The van der Waals surface area contributed by atoms with Crippen molar-refractivity contribution in [1.29, 1.82) is 0 Å². The minimum absolute atomic E-state index is 0.359. The smallest absolute Gasteiger partial charge is 0.0433 e. The molecule has 0 radical (unpaired) electrons. The van der Waals surface area contributed by atoms with E-state index in [2.05, 4.69) is 12.2 Å². The van der Waals surface area contributed by atoms with Crippen LogP contribution < -0.4 is 5.32 Å². The van der Waals surface area contributed by atoms with Crippen LogP contribution in [0, 0.1) is 5.92 Å². The second-order valence-electron chi connectivity index (χ2n) is 3.26. The summed E-state index contributed by atoms with van der Waals surface area (Å²) >= 11 is 0. The normalized spacial score (nSPS) is 34.2. The molecule has 10 heavy (non-hydrogen) atoms. The summed E-state index contributed by atoms with van der Waals surface area (Å²) in [5, 5.41) is 12.1. The standard InChI is InChI=1S/C8H17NO/c1-7-6-8(3-5-10)2-4-9-7/h7-10H,2-6H2,1H3/t7-,8-/m0/s1. The predicted octanol–water partition coefficient (Wildman–Crippen LogP) is 0.757. The van der Waals surface area contributed by atoms with Crippen molar-refractivity contribution < 1.29 is 5.11 Å². The summed E-state index contributed by atoms with van der Waals surface area (Å²) in [7, 11) is 0. The van der Waals surface area contributed by atoms with E-state index >= 15 is 0 Å². The van der Waals surface area contributed by atoms with Crippen LogP contribution in [0.3, 0.4) is 0 Å². The zero-order chi connectivity index (χ0) is 7.40. The molecule has 60 valence electrons. The number of aliphatic hydroxyl groups excluding tert-OH is 1. The number of piperidine rings is 1. The highest BCUT2D eigenvalue weighted by Crippen LogP contribution is 2.18. The Hall–Kier alpha value is -0.0800. The molecule has 1 fully saturated rings. The molecule has 1 aliphatic heterocycles. The lowest BCUT2D eigenvalue weighted by Crippen LogP contribution is -2.35. The second-order valence-corrected chi connectivity index (χ2v) is 3.26. The molecule has 1 rings (SSSR count). The Bertz CT molecular complexity index is 93.3. The predicted molar refractivity (Wildman–Crippen MR) is 41.9 cm³/mol. The highest BCUT2D eigenvalue weighted by Gasteiger charge is 2.16. The highest BCUT2D eigenvalue weighted by molar-refractivity contribution is 4.74. The Morgan fingerprint density at radius 2 is 2.40 bits per heavy atom. The van der Waals surface area contributed by atoms with Gasteiger partial charge in [0.05, 0.1) is 0 Å². The summed E-state index contributed by atoms with van der Waals surface area (Å²) in [5.74, 6) is 0.765. The van der Waals surface area contributed by atoms with Crippen LogP contribution in [0.1, 0.15) is 26.2 Å². The van der Waals surface area contributed by atoms with E-state index < -0.39 is 0 Å². The molecule has 2 atom stereocenters.